The second kappa shape index (κ2) is 10.2. The Kier molecular flexibility index (Phi) is 7.70. The number of thiophene rings is 1. The molecule has 3 rings (SSSR count). The van der Waals surface area contributed by atoms with Crippen LogP contribution in [0.5, 0.6) is 0 Å². The summed E-state index contributed by atoms with van der Waals surface area (Å²) in [6.45, 7) is 1.22. The molecular weight excluding hydrogens is 360 g/mol. The third kappa shape index (κ3) is 5.55. The van der Waals surface area contributed by atoms with Crippen LogP contribution in [-0.2, 0) is 22.4 Å². The zero-order valence-corrected chi connectivity index (χ0v) is 17.2. The van der Waals surface area contributed by atoms with Crippen molar-refractivity contribution in [2.45, 2.75) is 70.6 Å². The molecule has 2 amide bonds. The topological polar surface area (TPSA) is 67.4 Å². The minimum absolute atomic E-state index is 0.0499. The van der Waals surface area contributed by atoms with E-state index >= 15 is 0 Å². The summed E-state index contributed by atoms with van der Waals surface area (Å²) in [6, 6.07) is 0. The fourth-order valence-electron chi connectivity index (χ4n) is 4.22. The smallest absolute Gasteiger partial charge is 0.254 e. The first-order valence-corrected chi connectivity index (χ1v) is 11.2. The maximum Gasteiger partial charge on any atom is 0.254 e. The van der Waals surface area contributed by atoms with Crippen molar-refractivity contribution in [3.63, 3.8) is 0 Å². The molecule has 5 nitrogen and oxygen atoms in total. The van der Waals surface area contributed by atoms with Crippen LogP contribution in [-0.4, -0.2) is 32.1 Å². The first-order valence-electron chi connectivity index (χ1n) is 10.4. The van der Waals surface area contributed by atoms with Gasteiger partial charge in [0.25, 0.3) is 5.91 Å². The van der Waals surface area contributed by atoms with E-state index in [2.05, 4.69) is 10.6 Å². The zero-order chi connectivity index (χ0) is 19.1. The third-order valence-electron chi connectivity index (χ3n) is 5.72. The van der Waals surface area contributed by atoms with Gasteiger partial charge in [0.15, 0.2) is 0 Å². The molecule has 0 bridgehead atoms. The van der Waals surface area contributed by atoms with Crippen molar-refractivity contribution in [1.29, 1.82) is 0 Å². The van der Waals surface area contributed by atoms with E-state index < -0.39 is 0 Å². The van der Waals surface area contributed by atoms with Gasteiger partial charge >= 0.3 is 0 Å². The molecule has 0 spiro atoms. The Morgan fingerprint density at radius 2 is 1.93 bits per heavy atom. The number of hydrogen-bond donors (Lipinski definition) is 2. The lowest BCUT2D eigenvalue weighted by Gasteiger charge is -2.13. The molecule has 0 saturated heterocycles. The van der Waals surface area contributed by atoms with E-state index in [1.165, 1.54) is 30.6 Å². The van der Waals surface area contributed by atoms with Crippen LogP contribution in [0.1, 0.15) is 78.6 Å². The Labute approximate surface area is 166 Å². The maximum absolute atomic E-state index is 12.8. The summed E-state index contributed by atoms with van der Waals surface area (Å²) in [4.78, 5) is 26.6. The molecule has 0 radical (unpaired) electrons. The summed E-state index contributed by atoms with van der Waals surface area (Å²) in [5.74, 6) is 0.696. The number of ether oxygens (including phenoxy) is 1. The number of carbonyl (C=O) groups excluding carboxylic acids is 2. The van der Waals surface area contributed by atoms with Crippen molar-refractivity contribution in [3.05, 3.63) is 16.0 Å². The van der Waals surface area contributed by atoms with E-state index in [0.717, 1.165) is 49.1 Å². The summed E-state index contributed by atoms with van der Waals surface area (Å²) in [7, 11) is 1.66. The lowest BCUT2D eigenvalue weighted by Crippen LogP contribution is -2.27. The Hall–Kier alpha value is -1.40. The fourth-order valence-corrected chi connectivity index (χ4v) is 5.53. The maximum atomic E-state index is 12.8. The van der Waals surface area contributed by atoms with Gasteiger partial charge < -0.3 is 15.4 Å². The number of carbonyl (C=O) groups is 2. The molecule has 0 unspecified atom stereocenters. The van der Waals surface area contributed by atoms with Gasteiger partial charge in [-0.1, -0.05) is 25.7 Å². The number of fused-ring (bicyclic) bond motifs is 1. The number of rotatable bonds is 9. The molecule has 6 heteroatoms. The highest BCUT2D eigenvalue weighted by Gasteiger charge is 2.26. The van der Waals surface area contributed by atoms with Crippen LogP contribution in [0, 0.1) is 5.92 Å². The Bertz CT molecular complexity index is 650. The van der Waals surface area contributed by atoms with Crippen LogP contribution < -0.4 is 10.6 Å². The van der Waals surface area contributed by atoms with Crippen LogP contribution in [0.3, 0.4) is 0 Å². The van der Waals surface area contributed by atoms with Gasteiger partial charge in [-0.15, -0.1) is 11.3 Å². The molecule has 0 aromatic carbocycles. The Morgan fingerprint density at radius 1 is 1.15 bits per heavy atom. The monoisotopic (exact) mass is 392 g/mol. The van der Waals surface area contributed by atoms with Gasteiger partial charge in [0.2, 0.25) is 5.91 Å². The highest BCUT2D eigenvalue weighted by molar-refractivity contribution is 7.17. The number of aryl methyl sites for hydroxylation is 1. The van der Waals surface area contributed by atoms with Crippen LogP contribution >= 0.6 is 11.3 Å². The predicted molar refractivity (Wildman–Crippen MR) is 110 cm³/mol. The van der Waals surface area contributed by atoms with Crippen molar-refractivity contribution < 1.29 is 14.3 Å². The van der Waals surface area contributed by atoms with E-state index in [9.17, 15) is 9.59 Å². The standard InChI is InChI=1S/C21H32N2O3S/c1-26-14-6-13-22-20(25)19-16-9-4-5-10-17(16)27-21(19)23-18(24)12-11-15-7-2-3-8-15/h15H,2-14H2,1H3,(H,22,25)(H,23,24). The normalized spacial score (nSPS) is 16.9. The van der Waals surface area contributed by atoms with Crippen LogP contribution in [0.4, 0.5) is 5.00 Å². The highest BCUT2D eigenvalue weighted by Crippen LogP contribution is 2.38. The first-order chi connectivity index (χ1) is 13.2. The van der Waals surface area contributed by atoms with E-state index in [1.54, 1.807) is 18.4 Å². The third-order valence-corrected chi connectivity index (χ3v) is 6.92. The number of nitrogens with one attached hydrogen (secondary N) is 2. The molecule has 0 aliphatic heterocycles. The summed E-state index contributed by atoms with van der Waals surface area (Å²) in [5, 5.41) is 6.82. The van der Waals surface area contributed by atoms with E-state index in [1.807, 2.05) is 0 Å². The highest BCUT2D eigenvalue weighted by atomic mass is 32.1. The summed E-state index contributed by atoms with van der Waals surface area (Å²) >= 11 is 1.60. The quantitative estimate of drug-likeness (QED) is 0.616. The molecule has 2 aliphatic rings. The minimum atomic E-state index is -0.0587. The van der Waals surface area contributed by atoms with Crippen molar-refractivity contribution in [3.8, 4) is 0 Å². The first kappa shape index (κ1) is 20.3. The van der Waals surface area contributed by atoms with Gasteiger partial charge in [0.1, 0.15) is 5.00 Å². The molecule has 150 valence electrons. The largest absolute Gasteiger partial charge is 0.385 e. The van der Waals surface area contributed by atoms with Crippen molar-refractivity contribution in [2.24, 2.45) is 5.92 Å². The van der Waals surface area contributed by atoms with E-state index in [-0.39, 0.29) is 11.8 Å². The van der Waals surface area contributed by atoms with Crippen molar-refractivity contribution in [1.82, 2.24) is 5.32 Å². The van der Waals surface area contributed by atoms with Gasteiger partial charge in [-0.05, 0) is 50.0 Å². The summed E-state index contributed by atoms with van der Waals surface area (Å²) < 4.78 is 5.04. The van der Waals surface area contributed by atoms with E-state index in [4.69, 9.17) is 4.74 Å². The Morgan fingerprint density at radius 3 is 2.70 bits per heavy atom. The molecule has 0 atom stereocenters. The van der Waals surface area contributed by atoms with Gasteiger partial charge in [0, 0.05) is 31.6 Å². The fraction of sp³-hybridized carbons (Fsp3) is 0.714. The van der Waals surface area contributed by atoms with Crippen LogP contribution in [0.15, 0.2) is 0 Å². The zero-order valence-electron chi connectivity index (χ0n) is 16.4. The predicted octanol–water partition coefficient (Wildman–Crippen LogP) is 4.30. The molecule has 1 aromatic heterocycles. The number of methoxy groups -OCH3 is 1. The SMILES string of the molecule is COCCCNC(=O)c1c(NC(=O)CCC2CCCC2)sc2c1CCCC2. The molecule has 1 fully saturated rings. The van der Waals surface area contributed by atoms with Crippen molar-refractivity contribution >= 4 is 28.2 Å². The summed E-state index contributed by atoms with van der Waals surface area (Å²) in [6.07, 6.45) is 11.7. The minimum Gasteiger partial charge on any atom is -0.385 e. The van der Waals surface area contributed by atoms with E-state index in [0.29, 0.717) is 31.1 Å². The van der Waals surface area contributed by atoms with Gasteiger partial charge in [-0.2, -0.15) is 0 Å². The van der Waals surface area contributed by atoms with Gasteiger partial charge in [-0.25, -0.2) is 0 Å². The molecule has 1 aromatic rings. The van der Waals surface area contributed by atoms with Crippen molar-refractivity contribution in [2.75, 3.05) is 25.6 Å². The second-order valence-corrected chi connectivity index (χ2v) is 8.86. The molecule has 27 heavy (non-hydrogen) atoms. The lowest BCUT2D eigenvalue weighted by molar-refractivity contribution is -0.116. The number of amides is 2. The summed E-state index contributed by atoms with van der Waals surface area (Å²) in [5.41, 5.74) is 1.86. The number of anilines is 1. The lowest BCUT2D eigenvalue weighted by atomic mass is 9.95. The average molecular weight is 393 g/mol. The van der Waals surface area contributed by atoms with Gasteiger partial charge in [0.05, 0.1) is 5.56 Å². The second-order valence-electron chi connectivity index (χ2n) is 7.75. The van der Waals surface area contributed by atoms with Crippen LogP contribution in [0.25, 0.3) is 0 Å². The molecule has 2 aliphatic carbocycles. The molecule has 2 N–H and O–H groups in total. The van der Waals surface area contributed by atoms with Crippen LogP contribution in [0.2, 0.25) is 0 Å². The average Bonchev–Trinajstić information content (AvgIpc) is 3.30. The number of hydrogen-bond acceptors (Lipinski definition) is 4. The molecule has 1 saturated carbocycles. The molecule has 1 heterocycles. The van der Waals surface area contributed by atoms with Gasteiger partial charge in [-0.3, -0.25) is 9.59 Å². The molecular formula is C21H32N2O3S. The Balaban J connectivity index is 1.64.